The predicted molar refractivity (Wildman–Crippen MR) is 141 cm³/mol. The summed E-state index contributed by atoms with van der Waals surface area (Å²) in [5.74, 6) is 0.926. The van der Waals surface area contributed by atoms with Crippen LogP contribution in [-0.4, -0.2) is 23.4 Å². The number of thiazole rings is 1. The molecule has 8 heteroatoms. The van der Waals surface area contributed by atoms with Crippen molar-refractivity contribution in [3.05, 3.63) is 94.9 Å². The van der Waals surface area contributed by atoms with Crippen LogP contribution in [0, 0.1) is 6.92 Å². The maximum Gasteiger partial charge on any atom is 0.262 e. The Morgan fingerprint density at radius 2 is 1.94 bits per heavy atom. The number of hydrogen-bond donors (Lipinski definition) is 2. The van der Waals surface area contributed by atoms with Gasteiger partial charge in [0.05, 0.1) is 11.4 Å². The molecule has 0 aliphatic carbocycles. The SMILES string of the molecule is Cc1sc(NC(=O)/C=C/c2ccc(OCc3ccccc3)cc2)nc1-c1ccc2c(c1)NC(=O)CO2. The molecule has 0 unspecified atom stereocenters. The van der Waals surface area contributed by atoms with Crippen molar-refractivity contribution in [3.63, 3.8) is 0 Å². The maximum absolute atomic E-state index is 12.5. The molecule has 1 aliphatic heterocycles. The quantitative estimate of drug-likeness (QED) is 0.321. The Kier molecular flexibility index (Phi) is 6.77. The average molecular weight is 498 g/mol. The molecule has 2 N–H and O–H groups in total. The van der Waals surface area contributed by atoms with Gasteiger partial charge in [-0.2, -0.15) is 0 Å². The Morgan fingerprint density at radius 1 is 1.14 bits per heavy atom. The Hall–Kier alpha value is -4.43. The summed E-state index contributed by atoms with van der Waals surface area (Å²) in [6.45, 7) is 2.45. The molecule has 2 heterocycles. The van der Waals surface area contributed by atoms with Gasteiger partial charge in [-0.15, -0.1) is 11.3 Å². The van der Waals surface area contributed by atoms with Crippen LogP contribution in [0.25, 0.3) is 17.3 Å². The van der Waals surface area contributed by atoms with Gasteiger partial charge in [-0.25, -0.2) is 4.98 Å². The van der Waals surface area contributed by atoms with Crippen molar-refractivity contribution in [2.45, 2.75) is 13.5 Å². The summed E-state index contributed by atoms with van der Waals surface area (Å²) in [4.78, 5) is 29.6. The van der Waals surface area contributed by atoms with E-state index in [-0.39, 0.29) is 18.4 Å². The number of anilines is 2. The van der Waals surface area contributed by atoms with Gasteiger partial charge in [-0.3, -0.25) is 14.9 Å². The lowest BCUT2D eigenvalue weighted by atomic mass is 10.1. The Balaban J connectivity index is 1.19. The summed E-state index contributed by atoms with van der Waals surface area (Å²) in [5.41, 5.74) is 4.17. The molecule has 0 bridgehead atoms. The molecule has 2 amide bonds. The molecule has 0 saturated carbocycles. The first kappa shape index (κ1) is 23.3. The normalized spacial score (nSPS) is 12.5. The van der Waals surface area contributed by atoms with Crippen LogP contribution in [0.5, 0.6) is 11.5 Å². The van der Waals surface area contributed by atoms with Crippen molar-refractivity contribution in [2.75, 3.05) is 17.2 Å². The third kappa shape index (κ3) is 5.61. The highest BCUT2D eigenvalue weighted by Crippen LogP contribution is 2.36. The van der Waals surface area contributed by atoms with Gasteiger partial charge < -0.3 is 14.8 Å². The molecule has 0 spiro atoms. The number of nitrogens with one attached hydrogen (secondary N) is 2. The fraction of sp³-hybridized carbons (Fsp3) is 0.107. The number of amides is 2. The van der Waals surface area contributed by atoms with Gasteiger partial charge in [-0.1, -0.05) is 42.5 Å². The number of carbonyl (C=O) groups is 2. The van der Waals surface area contributed by atoms with Gasteiger partial charge in [0.25, 0.3) is 5.91 Å². The fourth-order valence-corrected chi connectivity index (χ4v) is 4.52. The Labute approximate surface area is 212 Å². The minimum atomic E-state index is -0.272. The zero-order valence-electron chi connectivity index (χ0n) is 19.5. The molecule has 5 rings (SSSR count). The molecule has 3 aromatic carbocycles. The fourth-order valence-electron chi connectivity index (χ4n) is 3.68. The number of fused-ring (bicyclic) bond motifs is 1. The molecule has 4 aromatic rings. The van der Waals surface area contributed by atoms with Crippen LogP contribution < -0.4 is 20.1 Å². The van der Waals surface area contributed by atoms with Gasteiger partial charge in [-0.05, 0) is 54.5 Å². The molecular formula is C28H23N3O4S. The van der Waals surface area contributed by atoms with E-state index in [0.29, 0.717) is 23.2 Å². The van der Waals surface area contributed by atoms with Crippen LogP contribution in [-0.2, 0) is 16.2 Å². The van der Waals surface area contributed by atoms with Gasteiger partial charge in [0.1, 0.15) is 18.1 Å². The lowest BCUT2D eigenvalue weighted by Crippen LogP contribution is -2.25. The van der Waals surface area contributed by atoms with Crippen molar-refractivity contribution < 1.29 is 19.1 Å². The number of aryl methyl sites for hydroxylation is 1. The summed E-state index contributed by atoms with van der Waals surface area (Å²) in [6, 6.07) is 23.0. The highest BCUT2D eigenvalue weighted by Gasteiger charge is 2.18. The van der Waals surface area contributed by atoms with Crippen molar-refractivity contribution in [1.29, 1.82) is 0 Å². The van der Waals surface area contributed by atoms with Crippen LogP contribution in [0.15, 0.2) is 78.9 Å². The van der Waals surface area contributed by atoms with E-state index < -0.39 is 0 Å². The van der Waals surface area contributed by atoms with Gasteiger partial charge in [0.15, 0.2) is 11.7 Å². The first-order chi connectivity index (χ1) is 17.5. The topological polar surface area (TPSA) is 89.5 Å². The molecule has 0 atom stereocenters. The maximum atomic E-state index is 12.5. The van der Waals surface area contributed by atoms with Crippen molar-refractivity contribution in [3.8, 4) is 22.8 Å². The van der Waals surface area contributed by atoms with Gasteiger partial charge in [0, 0.05) is 16.5 Å². The van der Waals surface area contributed by atoms with E-state index in [1.54, 1.807) is 6.08 Å². The largest absolute Gasteiger partial charge is 0.489 e. The minimum Gasteiger partial charge on any atom is -0.489 e. The lowest BCUT2D eigenvalue weighted by molar-refractivity contribution is -0.118. The van der Waals surface area contributed by atoms with Crippen LogP contribution in [0.1, 0.15) is 16.0 Å². The Bertz CT molecular complexity index is 1430. The van der Waals surface area contributed by atoms with Crippen molar-refractivity contribution in [2.24, 2.45) is 0 Å². The van der Waals surface area contributed by atoms with E-state index in [9.17, 15) is 9.59 Å². The van der Waals surface area contributed by atoms with Crippen LogP contribution in [0.2, 0.25) is 0 Å². The smallest absolute Gasteiger partial charge is 0.262 e. The van der Waals surface area contributed by atoms with Gasteiger partial charge >= 0.3 is 0 Å². The summed E-state index contributed by atoms with van der Waals surface area (Å²) >= 11 is 1.39. The number of nitrogens with zero attached hydrogens (tertiary/aromatic N) is 1. The van der Waals surface area contributed by atoms with E-state index >= 15 is 0 Å². The monoisotopic (exact) mass is 497 g/mol. The summed E-state index contributed by atoms with van der Waals surface area (Å²) in [7, 11) is 0. The number of benzene rings is 3. The van der Waals surface area contributed by atoms with E-state index in [0.717, 1.165) is 33.0 Å². The van der Waals surface area contributed by atoms with Crippen LogP contribution in [0.3, 0.4) is 0 Å². The molecule has 0 fully saturated rings. The first-order valence-corrected chi connectivity index (χ1v) is 12.2. The van der Waals surface area contributed by atoms with Crippen LogP contribution in [0.4, 0.5) is 10.8 Å². The zero-order valence-corrected chi connectivity index (χ0v) is 20.3. The summed E-state index contributed by atoms with van der Waals surface area (Å²) in [5, 5.41) is 6.13. The minimum absolute atomic E-state index is 0.0119. The van der Waals surface area contributed by atoms with E-state index in [1.807, 2.05) is 79.7 Å². The van der Waals surface area contributed by atoms with E-state index in [4.69, 9.17) is 9.47 Å². The number of carbonyl (C=O) groups excluding carboxylic acids is 2. The second kappa shape index (κ2) is 10.5. The third-order valence-corrected chi connectivity index (χ3v) is 6.35. The van der Waals surface area contributed by atoms with Crippen LogP contribution >= 0.6 is 11.3 Å². The van der Waals surface area contributed by atoms with Crippen molar-refractivity contribution in [1.82, 2.24) is 4.98 Å². The lowest BCUT2D eigenvalue weighted by Gasteiger charge is -2.18. The summed E-state index contributed by atoms with van der Waals surface area (Å²) in [6.07, 6.45) is 3.21. The molecule has 1 aromatic heterocycles. The average Bonchev–Trinajstić information content (AvgIpc) is 3.26. The van der Waals surface area contributed by atoms with Gasteiger partial charge in [0.2, 0.25) is 5.91 Å². The zero-order chi connectivity index (χ0) is 24.9. The highest BCUT2D eigenvalue weighted by atomic mass is 32.1. The molecule has 0 saturated heterocycles. The Morgan fingerprint density at radius 3 is 2.75 bits per heavy atom. The highest BCUT2D eigenvalue weighted by molar-refractivity contribution is 7.16. The third-order valence-electron chi connectivity index (χ3n) is 5.47. The first-order valence-electron chi connectivity index (χ1n) is 11.3. The number of aromatic nitrogens is 1. The second-order valence-electron chi connectivity index (χ2n) is 8.14. The number of rotatable bonds is 7. The number of ether oxygens (including phenoxy) is 2. The number of hydrogen-bond acceptors (Lipinski definition) is 6. The molecule has 1 aliphatic rings. The second-order valence-corrected chi connectivity index (χ2v) is 9.34. The summed E-state index contributed by atoms with van der Waals surface area (Å²) < 4.78 is 11.2. The van der Waals surface area contributed by atoms with E-state index in [1.165, 1.54) is 17.4 Å². The molecule has 36 heavy (non-hydrogen) atoms. The van der Waals surface area contributed by atoms with Crippen molar-refractivity contribution >= 4 is 40.0 Å². The molecule has 7 nitrogen and oxygen atoms in total. The molecular weight excluding hydrogens is 474 g/mol. The molecule has 0 radical (unpaired) electrons. The van der Waals surface area contributed by atoms with E-state index in [2.05, 4.69) is 15.6 Å². The standard InChI is InChI=1S/C28H23N3O4S/c1-18-27(21-10-13-24-23(15-21)29-26(33)17-35-24)31-28(36-18)30-25(32)14-9-19-7-11-22(12-8-19)34-16-20-5-3-2-4-6-20/h2-15H,16-17H2,1H3,(H,29,33)(H,30,31,32)/b14-9+. The molecule has 180 valence electrons. The predicted octanol–water partition coefficient (Wildman–Crippen LogP) is 5.68.